The van der Waals surface area contributed by atoms with Gasteiger partial charge in [-0.25, -0.2) is 0 Å². The van der Waals surface area contributed by atoms with Crippen molar-refractivity contribution in [1.82, 2.24) is 5.32 Å². The third-order valence-corrected chi connectivity index (χ3v) is 4.38. The largest absolute Gasteiger partial charge is 0.496 e. The Bertz CT molecular complexity index is 768. The van der Waals surface area contributed by atoms with Crippen LogP contribution in [-0.4, -0.2) is 38.6 Å². The Hall–Kier alpha value is -3.02. The molecular formula is C20H23N3O3. The third kappa shape index (κ3) is 4.33. The smallest absolute Gasteiger partial charge is 0.255 e. The summed E-state index contributed by atoms with van der Waals surface area (Å²) in [6.45, 7) is 2.06. The summed E-state index contributed by atoms with van der Waals surface area (Å²) in [7, 11) is 1.50. The number of carbonyl (C=O) groups excluding carboxylic acids is 2. The molecule has 2 N–H and O–H groups in total. The highest BCUT2D eigenvalue weighted by atomic mass is 16.5. The number of para-hydroxylation sites is 1. The number of nitrogens with zero attached hydrogens (tertiary/aromatic N) is 1. The molecule has 1 fully saturated rings. The number of hydrogen-bond donors (Lipinski definition) is 2. The average molecular weight is 353 g/mol. The van der Waals surface area contributed by atoms with Gasteiger partial charge in [0, 0.05) is 24.5 Å². The molecule has 2 amide bonds. The second kappa shape index (κ2) is 8.38. The zero-order valence-electron chi connectivity index (χ0n) is 14.8. The maximum Gasteiger partial charge on any atom is 0.255 e. The van der Waals surface area contributed by atoms with E-state index in [2.05, 4.69) is 15.5 Å². The Labute approximate surface area is 153 Å². The summed E-state index contributed by atoms with van der Waals surface area (Å²) in [5, 5.41) is 5.40. The standard InChI is InChI=1S/C20H23N3O3/c1-26-18-7-3-2-6-17(18)20(25)21-14-19(24)22-15-8-10-16(11-9-15)23-12-4-5-13-23/h2-3,6-11H,4-5,12-14H2,1H3,(H,21,25)(H,22,24). The van der Waals surface area contributed by atoms with Gasteiger partial charge < -0.3 is 20.3 Å². The molecule has 2 aromatic carbocycles. The first-order chi connectivity index (χ1) is 12.7. The predicted molar refractivity (Wildman–Crippen MR) is 102 cm³/mol. The molecule has 6 heteroatoms. The fourth-order valence-electron chi connectivity index (χ4n) is 3.02. The highest BCUT2D eigenvalue weighted by Gasteiger charge is 2.14. The first kappa shape index (κ1) is 17.8. The molecule has 1 aliphatic rings. The van der Waals surface area contributed by atoms with Crippen molar-refractivity contribution in [3.8, 4) is 5.75 Å². The molecule has 2 aromatic rings. The van der Waals surface area contributed by atoms with E-state index in [4.69, 9.17) is 4.74 Å². The third-order valence-electron chi connectivity index (χ3n) is 4.38. The van der Waals surface area contributed by atoms with Gasteiger partial charge in [0.25, 0.3) is 5.91 Å². The number of nitrogens with one attached hydrogen (secondary N) is 2. The summed E-state index contributed by atoms with van der Waals surface area (Å²) in [4.78, 5) is 26.6. The van der Waals surface area contributed by atoms with Crippen LogP contribution in [-0.2, 0) is 4.79 Å². The Morgan fingerprint density at radius 1 is 1.04 bits per heavy atom. The fraction of sp³-hybridized carbons (Fsp3) is 0.300. The SMILES string of the molecule is COc1ccccc1C(=O)NCC(=O)Nc1ccc(N2CCCC2)cc1. The maximum atomic E-state index is 12.2. The van der Waals surface area contributed by atoms with E-state index in [0.29, 0.717) is 17.0 Å². The number of amides is 2. The zero-order chi connectivity index (χ0) is 18.4. The molecule has 0 unspecified atom stereocenters. The van der Waals surface area contributed by atoms with Gasteiger partial charge in [-0.05, 0) is 49.2 Å². The van der Waals surface area contributed by atoms with Crippen LogP contribution in [0.15, 0.2) is 48.5 Å². The molecule has 0 aliphatic carbocycles. The van der Waals surface area contributed by atoms with E-state index in [9.17, 15) is 9.59 Å². The van der Waals surface area contributed by atoms with Crippen LogP contribution in [0.3, 0.4) is 0 Å². The molecule has 0 saturated carbocycles. The molecule has 26 heavy (non-hydrogen) atoms. The van der Waals surface area contributed by atoms with Gasteiger partial charge in [0.15, 0.2) is 0 Å². The van der Waals surface area contributed by atoms with Crippen LogP contribution in [0.1, 0.15) is 23.2 Å². The van der Waals surface area contributed by atoms with Gasteiger partial charge in [-0.2, -0.15) is 0 Å². The topological polar surface area (TPSA) is 70.7 Å². The highest BCUT2D eigenvalue weighted by molar-refractivity contribution is 6.00. The van der Waals surface area contributed by atoms with Crippen LogP contribution in [0.25, 0.3) is 0 Å². The summed E-state index contributed by atoms with van der Waals surface area (Å²) in [6.07, 6.45) is 2.45. The maximum absolute atomic E-state index is 12.2. The summed E-state index contributed by atoms with van der Waals surface area (Å²) < 4.78 is 5.16. The van der Waals surface area contributed by atoms with Gasteiger partial charge in [0.1, 0.15) is 5.75 Å². The van der Waals surface area contributed by atoms with Crippen LogP contribution < -0.4 is 20.3 Å². The number of benzene rings is 2. The monoisotopic (exact) mass is 353 g/mol. The fourth-order valence-corrected chi connectivity index (χ4v) is 3.02. The lowest BCUT2D eigenvalue weighted by molar-refractivity contribution is -0.115. The summed E-state index contributed by atoms with van der Waals surface area (Å²) >= 11 is 0. The zero-order valence-corrected chi connectivity index (χ0v) is 14.8. The molecule has 136 valence electrons. The van der Waals surface area contributed by atoms with Gasteiger partial charge in [0.2, 0.25) is 5.91 Å². The minimum atomic E-state index is -0.345. The van der Waals surface area contributed by atoms with Gasteiger partial charge in [-0.1, -0.05) is 12.1 Å². The first-order valence-corrected chi connectivity index (χ1v) is 8.73. The number of anilines is 2. The second-order valence-corrected chi connectivity index (χ2v) is 6.17. The van der Waals surface area contributed by atoms with Crippen LogP contribution in [0.4, 0.5) is 11.4 Å². The van der Waals surface area contributed by atoms with Crippen molar-refractivity contribution in [3.63, 3.8) is 0 Å². The molecule has 6 nitrogen and oxygen atoms in total. The van der Waals surface area contributed by atoms with Crippen molar-refractivity contribution in [2.24, 2.45) is 0 Å². The van der Waals surface area contributed by atoms with E-state index < -0.39 is 0 Å². The molecule has 0 radical (unpaired) electrons. The summed E-state index contributed by atoms with van der Waals surface area (Å²) in [6, 6.07) is 14.7. The van der Waals surface area contributed by atoms with E-state index in [0.717, 1.165) is 13.1 Å². The molecule has 1 saturated heterocycles. The molecule has 1 aliphatic heterocycles. The normalized spacial score (nSPS) is 13.3. The van der Waals surface area contributed by atoms with E-state index in [1.165, 1.54) is 25.6 Å². The number of rotatable bonds is 6. The Balaban J connectivity index is 1.51. The van der Waals surface area contributed by atoms with Crippen molar-refractivity contribution in [1.29, 1.82) is 0 Å². The number of ether oxygens (including phenoxy) is 1. The second-order valence-electron chi connectivity index (χ2n) is 6.17. The first-order valence-electron chi connectivity index (χ1n) is 8.73. The molecule has 0 spiro atoms. The highest BCUT2D eigenvalue weighted by Crippen LogP contribution is 2.22. The summed E-state index contributed by atoms with van der Waals surface area (Å²) in [5.41, 5.74) is 2.28. The lowest BCUT2D eigenvalue weighted by Gasteiger charge is -2.17. The van der Waals surface area contributed by atoms with Crippen LogP contribution in [0, 0.1) is 0 Å². The van der Waals surface area contributed by atoms with E-state index >= 15 is 0 Å². The van der Waals surface area contributed by atoms with E-state index in [1.807, 2.05) is 24.3 Å². The van der Waals surface area contributed by atoms with Crippen molar-refractivity contribution in [2.75, 3.05) is 37.0 Å². The van der Waals surface area contributed by atoms with Gasteiger partial charge >= 0.3 is 0 Å². The van der Waals surface area contributed by atoms with E-state index in [-0.39, 0.29) is 18.4 Å². The number of hydrogen-bond acceptors (Lipinski definition) is 4. The lowest BCUT2D eigenvalue weighted by atomic mass is 10.2. The molecule has 0 bridgehead atoms. The predicted octanol–water partition coefficient (Wildman–Crippen LogP) is 2.66. The molecule has 3 rings (SSSR count). The minimum absolute atomic E-state index is 0.106. The van der Waals surface area contributed by atoms with Crippen molar-refractivity contribution in [2.45, 2.75) is 12.8 Å². The van der Waals surface area contributed by atoms with Crippen molar-refractivity contribution < 1.29 is 14.3 Å². The quantitative estimate of drug-likeness (QED) is 0.838. The van der Waals surface area contributed by atoms with Crippen molar-refractivity contribution >= 4 is 23.2 Å². The van der Waals surface area contributed by atoms with Crippen LogP contribution in [0.2, 0.25) is 0 Å². The average Bonchev–Trinajstić information content (AvgIpc) is 3.21. The van der Waals surface area contributed by atoms with Crippen LogP contribution in [0.5, 0.6) is 5.75 Å². The van der Waals surface area contributed by atoms with Crippen molar-refractivity contribution in [3.05, 3.63) is 54.1 Å². The molecule has 0 atom stereocenters. The summed E-state index contributed by atoms with van der Waals surface area (Å²) in [5.74, 6) is -0.146. The van der Waals surface area contributed by atoms with Gasteiger partial charge in [0.05, 0.1) is 19.2 Å². The molecule has 0 aromatic heterocycles. The van der Waals surface area contributed by atoms with E-state index in [1.54, 1.807) is 24.3 Å². The Morgan fingerprint density at radius 2 is 1.73 bits per heavy atom. The minimum Gasteiger partial charge on any atom is -0.496 e. The van der Waals surface area contributed by atoms with Crippen LogP contribution >= 0.6 is 0 Å². The lowest BCUT2D eigenvalue weighted by Crippen LogP contribution is -2.33. The Morgan fingerprint density at radius 3 is 2.42 bits per heavy atom. The van der Waals surface area contributed by atoms with Gasteiger partial charge in [-0.15, -0.1) is 0 Å². The number of carbonyl (C=O) groups is 2. The molecular weight excluding hydrogens is 330 g/mol. The Kier molecular flexibility index (Phi) is 5.73. The molecule has 1 heterocycles. The van der Waals surface area contributed by atoms with Gasteiger partial charge in [-0.3, -0.25) is 9.59 Å². The number of methoxy groups -OCH3 is 1.